The van der Waals surface area contributed by atoms with Crippen molar-refractivity contribution in [2.45, 2.75) is 24.5 Å². The van der Waals surface area contributed by atoms with Gasteiger partial charge in [0.25, 0.3) is 0 Å². The number of phenols is 1. The summed E-state index contributed by atoms with van der Waals surface area (Å²) in [5, 5.41) is 22.2. The lowest BCUT2D eigenvalue weighted by Crippen LogP contribution is -2.45. The molecule has 1 saturated heterocycles. The number of nitriles is 1. The third-order valence-corrected chi connectivity index (χ3v) is 3.72. The fourth-order valence-corrected chi connectivity index (χ4v) is 2.62. The molecule has 0 bridgehead atoms. The quantitative estimate of drug-likeness (QED) is 0.856. The van der Waals surface area contributed by atoms with E-state index in [1.54, 1.807) is 18.2 Å². The molecule has 0 saturated carbocycles. The van der Waals surface area contributed by atoms with Crippen molar-refractivity contribution in [3.63, 3.8) is 0 Å². The molecule has 3 rings (SSSR count). The molecule has 5 heteroatoms. The zero-order chi connectivity index (χ0) is 13.3. The molecule has 19 heavy (non-hydrogen) atoms. The van der Waals surface area contributed by atoms with Crippen molar-refractivity contribution >= 4 is 0 Å². The maximum absolute atomic E-state index is 9.51. The highest BCUT2D eigenvalue weighted by Gasteiger charge is 2.41. The van der Waals surface area contributed by atoms with Crippen LogP contribution in [0.15, 0.2) is 18.2 Å². The highest BCUT2D eigenvalue weighted by Crippen LogP contribution is 2.38. The van der Waals surface area contributed by atoms with Gasteiger partial charge in [0.15, 0.2) is 5.54 Å². The van der Waals surface area contributed by atoms with E-state index < -0.39 is 5.54 Å². The smallest absolute Gasteiger partial charge is 0.170 e. The van der Waals surface area contributed by atoms with Gasteiger partial charge in [0.1, 0.15) is 18.1 Å². The van der Waals surface area contributed by atoms with Crippen molar-refractivity contribution in [2.75, 3.05) is 19.8 Å². The minimum absolute atomic E-state index is 0.145. The van der Waals surface area contributed by atoms with E-state index in [9.17, 15) is 10.4 Å². The van der Waals surface area contributed by atoms with Crippen molar-refractivity contribution < 1.29 is 14.6 Å². The number of fused-ring (bicyclic) bond motifs is 1. The van der Waals surface area contributed by atoms with Crippen LogP contribution in [0.1, 0.15) is 18.4 Å². The molecule has 0 spiro atoms. The van der Waals surface area contributed by atoms with Crippen LogP contribution in [-0.2, 0) is 10.3 Å². The van der Waals surface area contributed by atoms with Crippen LogP contribution in [0.25, 0.3) is 0 Å². The Kier molecular flexibility index (Phi) is 3.05. The Labute approximate surface area is 111 Å². The maximum Gasteiger partial charge on any atom is 0.170 e. The van der Waals surface area contributed by atoms with Crippen molar-refractivity contribution in [3.8, 4) is 17.6 Å². The number of nitrogens with one attached hydrogen (secondary N) is 1. The number of hydrogen-bond donors (Lipinski definition) is 2. The number of phenolic OH excluding ortho intramolecular Hbond substituents is 1. The van der Waals surface area contributed by atoms with E-state index in [4.69, 9.17) is 9.47 Å². The van der Waals surface area contributed by atoms with E-state index >= 15 is 0 Å². The summed E-state index contributed by atoms with van der Waals surface area (Å²) >= 11 is 0. The Balaban J connectivity index is 1.80. The Bertz CT molecular complexity index is 520. The van der Waals surface area contributed by atoms with Gasteiger partial charge in [-0.15, -0.1) is 0 Å². The van der Waals surface area contributed by atoms with Gasteiger partial charge in [0, 0.05) is 24.8 Å². The van der Waals surface area contributed by atoms with Gasteiger partial charge >= 0.3 is 0 Å². The lowest BCUT2D eigenvalue weighted by molar-refractivity contribution is 0.102. The van der Waals surface area contributed by atoms with Gasteiger partial charge in [0.2, 0.25) is 0 Å². The fraction of sp³-hybridized carbons (Fsp3) is 0.500. The molecule has 1 fully saturated rings. The van der Waals surface area contributed by atoms with Gasteiger partial charge in [-0.2, -0.15) is 5.26 Å². The second kappa shape index (κ2) is 4.72. The predicted molar refractivity (Wildman–Crippen MR) is 67.9 cm³/mol. The van der Waals surface area contributed by atoms with E-state index in [1.807, 2.05) is 0 Å². The highest BCUT2D eigenvalue weighted by molar-refractivity contribution is 5.50. The molecule has 2 unspecified atom stereocenters. The van der Waals surface area contributed by atoms with Crippen LogP contribution < -0.4 is 10.1 Å². The average Bonchev–Trinajstić information content (AvgIpc) is 3.04. The van der Waals surface area contributed by atoms with Crippen LogP contribution in [0, 0.1) is 11.3 Å². The number of ether oxygens (including phenoxy) is 2. The molecule has 2 atom stereocenters. The second-order valence-corrected chi connectivity index (χ2v) is 5.00. The third kappa shape index (κ3) is 2.14. The second-order valence-electron chi connectivity index (χ2n) is 5.00. The molecule has 5 nitrogen and oxygen atoms in total. The van der Waals surface area contributed by atoms with Gasteiger partial charge in [-0.1, -0.05) is 0 Å². The molecule has 2 aliphatic heterocycles. The first-order chi connectivity index (χ1) is 9.23. The Morgan fingerprint density at radius 2 is 2.42 bits per heavy atom. The van der Waals surface area contributed by atoms with Crippen LogP contribution in [0.5, 0.6) is 11.5 Å². The number of nitrogens with zero attached hydrogens (tertiary/aromatic N) is 1. The van der Waals surface area contributed by atoms with E-state index in [0.29, 0.717) is 12.3 Å². The monoisotopic (exact) mass is 260 g/mol. The average molecular weight is 260 g/mol. The molecular formula is C14H16N2O3. The van der Waals surface area contributed by atoms with Gasteiger partial charge in [-0.3, -0.25) is 5.32 Å². The van der Waals surface area contributed by atoms with Crippen LogP contribution >= 0.6 is 0 Å². The normalized spacial score (nSPS) is 28.7. The molecule has 0 aliphatic carbocycles. The zero-order valence-electron chi connectivity index (χ0n) is 10.6. The molecule has 1 aromatic carbocycles. The summed E-state index contributed by atoms with van der Waals surface area (Å²) in [6, 6.07) is 7.16. The first-order valence-electron chi connectivity index (χ1n) is 6.48. The summed E-state index contributed by atoms with van der Waals surface area (Å²) < 4.78 is 11.1. The first kappa shape index (κ1) is 12.3. The predicted octanol–water partition coefficient (Wildman–Crippen LogP) is 1.27. The zero-order valence-corrected chi connectivity index (χ0v) is 10.6. The largest absolute Gasteiger partial charge is 0.508 e. The highest BCUT2D eigenvalue weighted by atomic mass is 16.5. The van der Waals surface area contributed by atoms with Crippen LogP contribution in [0.2, 0.25) is 0 Å². The topological polar surface area (TPSA) is 74.5 Å². The number of aromatic hydroxyl groups is 1. The molecule has 2 aliphatic rings. The summed E-state index contributed by atoms with van der Waals surface area (Å²) in [6.45, 7) is 1.69. The number of rotatable bonds is 3. The summed E-state index contributed by atoms with van der Waals surface area (Å²) in [5.74, 6) is 0.716. The molecule has 100 valence electrons. The van der Waals surface area contributed by atoms with Crippen LogP contribution in [0.4, 0.5) is 0 Å². The van der Waals surface area contributed by atoms with E-state index in [2.05, 4.69) is 11.4 Å². The van der Waals surface area contributed by atoms with Gasteiger partial charge in [-0.25, -0.2) is 0 Å². The number of hydrogen-bond acceptors (Lipinski definition) is 5. The van der Waals surface area contributed by atoms with Crippen molar-refractivity contribution in [1.29, 1.82) is 5.26 Å². The molecule has 2 N–H and O–H groups in total. The summed E-state index contributed by atoms with van der Waals surface area (Å²) in [4.78, 5) is 0. The first-order valence-corrected chi connectivity index (χ1v) is 6.48. The SMILES string of the molecule is N#CC1(NCC2CCCO2)COc2cc(O)ccc21. The van der Waals surface area contributed by atoms with Crippen LogP contribution in [0.3, 0.4) is 0 Å². The summed E-state index contributed by atoms with van der Waals surface area (Å²) in [7, 11) is 0. The van der Waals surface area contributed by atoms with Gasteiger partial charge in [-0.05, 0) is 25.0 Å². The minimum atomic E-state index is -0.838. The van der Waals surface area contributed by atoms with Gasteiger partial charge < -0.3 is 14.6 Å². The molecule has 0 amide bonds. The number of benzene rings is 1. The maximum atomic E-state index is 9.51. The van der Waals surface area contributed by atoms with E-state index in [0.717, 1.165) is 25.0 Å². The lowest BCUT2D eigenvalue weighted by Gasteiger charge is -2.23. The fourth-order valence-electron chi connectivity index (χ4n) is 2.62. The molecule has 2 heterocycles. The summed E-state index contributed by atoms with van der Waals surface area (Å²) in [6.07, 6.45) is 2.27. The van der Waals surface area contributed by atoms with E-state index in [1.165, 1.54) is 0 Å². The van der Waals surface area contributed by atoms with Crippen LogP contribution in [-0.4, -0.2) is 31.0 Å². The molecule has 0 aromatic heterocycles. The lowest BCUT2D eigenvalue weighted by atomic mass is 9.93. The molecule has 0 radical (unpaired) electrons. The molecule has 1 aromatic rings. The summed E-state index contributed by atoms with van der Waals surface area (Å²) in [5.41, 5.74) is -0.0552. The Hall–Kier alpha value is -1.77. The van der Waals surface area contributed by atoms with Crippen molar-refractivity contribution in [3.05, 3.63) is 23.8 Å². The minimum Gasteiger partial charge on any atom is -0.508 e. The Morgan fingerprint density at radius 1 is 1.53 bits per heavy atom. The van der Waals surface area contributed by atoms with Crippen molar-refractivity contribution in [2.24, 2.45) is 0 Å². The Morgan fingerprint density at radius 3 is 3.16 bits per heavy atom. The van der Waals surface area contributed by atoms with E-state index in [-0.39, 0.29) is 18.5 Å². The van der Waals surface area contributed by atoms with Gasteiger partial charge in [0.05, 0.1) is 12.2 Å². The standard InChI is InChI=1S/C14H16N2O3/c15-8-14(16-7-11-2-1-5-18-11)9-19-13-6-10(17)3-4-12(13)14/h3-4,6,11,16-17H,1-2,5,7,9H2. The van der Waals surface area contributed by atoms with Crippen molar-refractivity contribution in [1.82, 2.24) is 5.32 Å². The molecular weight excluding hydrogens is 244 g/mol. The third-order valence-electron chi connectivity index (χ3n) is 3.72.